The summed E-state index contributed by atoms with van der Waals surface area (Å²) in [6.45, 7) is 4.43. The largest absolute Gasteiger partial charge is 0.380 e. The fourth-order valence-electron chi connectivity index (χ4n) is 2.06. The molecule has 18 heavy (non-hydrogen) atoms. The number of benzene rings is 1. The molecule has 1 N–H and O–H groups in total. The van der Waals surface area contributed by atoms with Gasteiger partial charge in [-0.1, -0.05) is 37.8 Å². The van der Waals surface area contributed by atoms with E-state index < -0.39 is 0 Å². The van der Waals surface area contributed by atoms with Crippen molar-refractivity contribution >= 4 is 38.8 Å². The Bertz CT molecular complexity index is 509. The van der Waals surface area contributed by atoms with E-state index in [1.165, 1.54) is 30.4 Å². The molecule has 4 heteroatoms. The number of anilines is 1. The van der Waals surface area contributed by atoms with Gasteiger partial charge in [-0.3, -0.25) is 0 Å². The second-order valence-electron chi connectivity index (χ2n) is 4.66. The first-order chi connectivity index (χ1) is 8.72. The van der Waals surface area contributed by atoms with Gasteiger partial charge in [0.15, 0.2) is 0 Å². The fraction of sp³-hybridized carbons (Fsp3) is 0.500. The summed E-state index contributed by atoms with van der Waals surface area (Å²) in [6, 6.07) is 4.41. The molecule has 0 radical (unpaired) electrons. The van der Waals surface area contributed by atoms with Crippen LogP contribution in [0.25, 0.3) is 10.2 Å². The van der Waals surface area contributed by atoms with Crippen molar-refractivity contribution in [3.63, 3.8) is 0 Å². The lowest BCUT2D eigenvalue weighted by molar-refractivity contribution is 0.615. The first kappa shape index (κ1) is 13.6. The Morgan fingerprint density at radius 2 is 2.22 bits per heavy atom. The number of rotatable bonds is 6. The maximum atomic E-state index is 6.27. The van der Waals surface area contributed by atoms with Crippen LogP contribution in [0.4, 0.5) is 5.69 Å². The highest BCUT2D eigenvalue weighted by Gasteiger charge is 2.11. The fourth-order valence-corrected chi connectivity index (χ4v) is 2.95. The van der Waals surface area contributed by atoms with Gasteiger partial charge in [0.2, 0.25) is 0 Å². The van der Waals surface area contributed by atoms with Crippen molar-refractivity contribution < 1.29 is 0 Å². The SMILES string of the molecule is CCCCCC(C)Nc1c(Cl)ccc2scnc12. The van der Waals surface area contributed by atoms with Gasteiger partial charge >= 0.3 is 0 Å². The molecule has 2 nitrogen and oxygen atoms in total. The molecule has 1 heterocycles. The molecule has 0 amide bonds. The number of nitrogens with zero attached hydrogens (tertiary/aromatic N) is 1. The Kier molecular flexibility index (Phi) is 4.84. The van der Waals surface area contributed by atoms with Gasteiger partial charge in [0.05, 0.1) is 20.9 Å². The van der Waals surface area contributed by atoms with Gasteiger partial charge in [-0.25, -0.2) is 4.98 Å². The quantitative estimate of drug-likeness (QED) is 0.724. The van der Waals surface area contributed by atoms with E-state index in [0.29, 0.717) is 6.04 Å². The maximum absolute atomic E-state index is 6.27. The zero-order valence-electron chi connectivity index (χ0n) is 10.9. The Hall–Kier alpha value is -0.800. The summed E-state index contributed by atoms with van der Waals surface area (Å²) in [6.07, 6.45) is 4.98. The Labute approximate surface area is 117 Å². The summed E-state index contributed by atoms with van der Waals surface area (Å²) < 4.78 is 1.18. The van der Waals surface area contributed by atoms with E-state index in [9.17, 15) is 0 Å². The number of fused-ring (bicyclic) bond motifs is 1. The maximum Gasteiger partial charge on any atom is 0.106 e. The number of hydrogen-bond acceptors (Lipinski definition) is 3. The molecule has 1 aromatic heterocycles. The molecule has 0 aliphatic heterocycles. The Morgan fingerprint density at radius 3 is 3.00 bits per heavy atom. The van der Waals surface area contributed by atoms with Crippen LogP contribution < -0.4 is 5.32 Å². The van der Waals surface area contributed by atoms with Gasteiger partial charge in [0.25, 0.3) is 0 Å². The first-order valence-corrected chi connectivity index (χ1v) is 7.76. The van der Waals surface area contributed by atoms with Crippen LogP contribution in [0, 0.1) is 0 Å². The molecule has 0 saturated heterocycles. The van der Waals surface area contributed by atoms with Crippen molar-refractivity contribution in [2.45, 2.75) is 45.6 Å². The molecule has 1 aromatic carbocycles. The smallest absolute Gasteiger partial charge is 0.106 e. The lowest BCUT2D eigenvalue weighted by Gasteiger charge is -2.16. The Morgan fingerprint density at radius 1 is 1.39 bits per heavy atom. The van der Waals surface area contributed by atoms with E-state index in [4.69, 9.17) is 11.6 Å². The zero-order chi connectivity index (χ0) is 13.0. The number of nitrogens with one attached hydrogen (secondary N) is 1. The van der Waals surface area contributed by atoms with E-state index in [2.05, 4.69) is 24.1 Å². The number of hydrogen-bond donors (Lipinski definition) is 1. The van der Waals surface area contributed by atoms with E-state index in [1.54, 1.807) is 11.3 Å². The van der Waals surface area contributed by atoms with Gasteiger partial charge in [0, 0.05) is 6.04 Å². The van der Waals surface area contributed by atoms with Crippen LogP contribution in [0.1, 0.15) is 39.5 Å². The summed E-state index contributed by atoms with van der Waals surface area (Å²) in [5.74, 6) is 0. The second-order valence-corrected chi connectivity index (χ2v) is 5.96. The van der Waals surface area contributed by atoms with Crippen LogP contribution in [0.15, 0.2) is 17.6 Å². The predicted octanol–water partition coefficient (Wildman–Crippen LogP) is 5.33. The molecule has 98 valence electrons. The summed E-state index contributed by atoms with van der Waals surface area (Å²) in [4.78, 5) is 4.40. The lowest BCUT2D eigenvalue weighted by Crippen LogP contribution is -2.15. The molecule has 0 saturated carbocycles. The number of halogens is 1. The monoisotopic (exact) mass is 282 g/mol. The number of thiazole rings is 1. The van der Waals surface area contributed by atoms with Gasteiger partial charge < -0.3 is 5.32 Å². The molecule has 0 aliphatic carbocycles. The van der Waals surface area contributed by atoms with Crippen LogP contribution in [0.5, 0.6) is 0 Å². The van der Waals surface area contributed by atoms with Crippen LogP contribution in [0.3, 0.4) is 0 Å². The van der Waals surface area contributed by atoms with E-state index >= 15 is 0 Å². The highest BCUT2D eigenvalue weighted by molar-refractivity contribution is 7.16. The molecule has 2 rings (SSSR count). The number of unbranched alkanes of at least 4 members (excludes halogenated alkanes) is 2. The average molecular weight is 283 g/mol. The molecule has 0 aliphatic rings. The molecule has 2 aromatic rings. The van der Waals surface area contributed by atoms with Crippen LogP contribution in [0.2, 0.25) is 5.02 Å². The van der Waals surface area contributed by atoms with Gasteiger partial charge in [0.1, 0.15) is 5.52 Å². The molecule has 0 fully saturated rings. The highest BCUT2D eigenvalue weighted by Crippen LogP contribution is 2.33. The van der Waals surface area contributed by atoms with Crippen LogP contribution in [-0.2, 0) is 0 Å². The molecular formula is C14H19ClN2S. The standard InChI is InChI=1S/C14H19ClN2S/c1-3-4-5-6-10(2)17-13-11(15)7-8-12-14(13)16-9-18-12/h7-10,17H,3-6H2,1-2H3. The second kappa shape index (κ2) is 6.39. The predicted molar refractivity (Wildman–Crippen MR) is 81.9 cm³/mol. The topological polar surface area (TPSA) is 24.9 Å². The van der Waals surface area contributed by atoms with Gasteiger partial charge in [-0.05, 0) is 25.5 Å². The normalized spacial score (nSPS) is 12.8. The summed E-state index contributed by atoms with van der Waals surface area (Å²) >= 11 is 7.92. The highest BCUT2D eigenvalue weighted by atomic mass is 35.5. The third kappa shape index (κ3) is 3.15. The number of aromatic nitrogens is 1. The molecular weight excluding hydrogens is 264 g/mol. The molecule has 0 spiro atoms. The molecule has 1 atom stereocenters. The average Bonchev–Trinajstić information content (AvgIpc) is 2.82. The third-order valence-corrected chi connectivity index (χ3v) is 4.19. The van der Waals surface area contributed by atoms with Crippen molar-refractivity contribution in [3.05, 3.63) is 22.7 Å². The van der Waals surface area contributed by atoms with E-state index in [-0.39, 0.29) is 0 Å². The molecule has 1 unspecified atom stereocenters. The van der Waals surface area contributed by atoms with Crippen molar-refractivity contribution in [2.75, 3.05) is 5.32 Å². The van der Waals surface area contributed by atoms with Crippen molar-refractivity contribution in [2.24, 2.45) is 0 Å². The minimum absolute atomic E-state index is 0.432. The summed E-state index contributed by atoms with van der Waals surface area (Å²) in [5.41, 5.74) is 3.85. The lowest BCUT2D eigenvalue weighted by atomic mass is 10.1. The van der Waals surface area contributed by atoms with Gasteiger partial charge in [-0.15, -0.1) is 11.3 Å². The minimum Gasteiger partial charge on any atom is -0.380 e. The molecule has 0 bridgehead atoms. The van der Waals surface area contributed by atoms with Crippen molar-refractivity contribution in [1.29, 1.82) is 0 Å². The van der Waals surface area contributed by atoms with Gasteiger partial charge in [-0.2, -0.15) is 0 Å². The summed E-state index contributed by atoms with van der Waals surface area (Å²) in [7, 11) is 0. The first-order valence-electron chi connectivity index (χ1n) is 6.50. The van der Waals surface area contributed by atoms with Crippen LogP contribution in [-0.4, -0.2) is 11.0 Å². The van der Waals surface area contributed by atoms with Crippen molar-refractivity contribution in [3.8, 4) is 0 Å². The minimum atomic E-state index is 0.432. The van der Waals surface area contributed by atoms with Crippen LogP contribution >= 0.6 is 22.9 Å². The van der Waals surface area contributed by atoms with Crippen molar-refractivity contribution in [1.82, 2.24) is 4.98 Å². The summed E-state index contributed by atoms with van der Waals surface area (Å²) in [5, 5.41) is 4.27. The van der Waals surface area contributed by atoms with E-state index in [0.717, 1.165) is 16.2 Å². The zero-order valence-corrected chi connectivity index (χ0v) is 12.4. The van der Waals surface area contributed by atoms with E-state index in [1.807, 2.05) is 17.6 Å². The Balaban J connectivity index is 2.10. The third-order valence-electron chi connectivity index (χ3n) is 3.08.